The summed E-state index contributed by atoms with van der Waals surface area (Å²) >= 11 is 6.17. The van der Waals surface area contributed by atoms with Crippen LogP contribution in [0.25, 0.3) is 5.69 Å². The molecule has 0 aliphatic heterocycles. The van der Waals surface area contributed by atoms with Crippen LogP contribution in [-0.2, 0) is 6.54 Å². The van der Waals surface area contributed by atoms with Gasteiger partial charge in [0.2, 0.25) is 0 Å². The van der Waals surface area contributed by atoms with E-state index in [0.717, 1.165) is 17.1 Å². The summed E-state index contributed by atoms with van der Waals surface area (Å²) in [7, 11) is 0. The molecule has 4 heteroatoms. The van der Waals surface area contributed by atoms with Gasteiger partial charge in [-0.2, -0.15) is 0 Å². The maximum absolute atomic E-state index is 6.17. The summed E-state index contributed by atoms with van der Waals surface area (Å²) in [5.74, 6) is 0.914. The highest BCUT2D eigenvalue weighted by atomic mass is 35.5. The lowest BCUT2D eigenvalue weighted by Gasteiger charge is -2.08. The van der Waals surface area contributed by atoms with E-state index in [1.807, 2.05) is 35.9 Å². The average Bonchev–Trinajstić information content (AvgIpc) is 2.64. The van der Waals surface area contributed by atoms with Crippen LogP contribution in [0.15, 0.2) is 30.6 Å². The molecule has 0 radical (unpaired) electrons. The van der Waals surface area contributed by atoms with Crippen LogP contribution in [0.3, 0.4) is 0 Å². The second kappa shape index (κ2) is 4.04. The maximum atomic E-state index is 6.17. The lowest BCUT2D eigenvalue weighted by atomic mass is 10.2. The van der Waals surface area contributed by atoms with Gasteiger partial charge in [0.15, 0.2) is 0 Å². The van der Waals surface area contributed by atoms with Crippen molar-refractivity contribution in [3.05, 3.63) is 47.0 Å². The minimum Gasteiger partial charge on any atom is -0.326 e. The third kappa shape index (κ3) is 1.89. The molecule has 2 rings (SSSR count). The van der Waals surface area contributed by atoms with Crippen molar-refractivity contribution in [2.24, 2.45) is 5.73 Å². The summed E-state index contributed by atoms with van der Waals surface area (Å²) in [4.78, 5) is 4.16. The SMILES string of the molecule is Cc1nccn1-c1ccc(CN)cc1Cl. The van der Waals surface area contributed by atoms with E-state index in [4.69, 9.17) is 17.3 Å². The Morgan fingerprint density at radius 1 is 1.47 bits per heavy atom. The molecule has 0 fully saturated rings. The summed E-state index contributed by atoms with van der Waals surface area (Å²) in [6.45, 7) is 2.44. The van der Waals surface area contributed by atoms with Gasteiger partial charge in [0.1, 0.15) is 5.82 Å². The summed E-state index contributed by atoms with van der Waals surface area (Å²) < 4.78 is 1.95. The van der Waals surface area contributed by atoms with Crippen molar-refractivity contribution in [2.45, 2.75) is 13.5 Å². The van der Waals surface area contributed by atoms with Crippen LogP contribution < -0.4 is 5.73 Å². The Balaban J connectivity index is 2.50. The highest BCUT2D eigenvalue weighted by Crippen LogP contribution is 2.22. The second-order valence-electron chi connectivity index (χ2n) is 3.33. The molecule has 15 heavy (non-hydrogen) atoms. The number of hydrogen-bond acceptors (Lipinski definition) is 2. The molecule has 0 amide bonds. The zero-order valence-corrected chi connectivity index (χ0v) is 9.20. The second-order valence-corrected chi connectivity index (χ2v) is 3.74. The van der Waals surface area contributed by atoms with Crippen LogP contribution in [0, 0.1) is 6.92 Å². The van der Waals surface area contributed by atoms with E-state index in [0.29, 0.717) is 11.6 Å². The van der Waals surface area contributed by atoms with E-state index in [-0.39, 0.29) is 0 Å². The molecule has 2 N–H and O–H groups in total. The fourth-order valence-corrected chi connectivity index (χ4v) is 1.80. The summed E-state index contributed by atoms with van der Waals surface area (Å²) in [5, 5.41) is 0.694. The molecule has 1 aromatic carbocycles. The Labute approximate surface area is 93.5 Å². The van der Waals surface area contributed by atoms with Crippen LogP contribution in [0.5, 0.6) is 0 Å². The molecular weight excluding hydrogens is 210 g/mol. The van der Waals surface area contributed by atoms with Gasteiger partial charge in [-0.15, -0.1) is 0 Å². The Bertz CT molecular complexity index is 476. The highest BCUT2D eigenvalue weighted by Gasteiger charge is 2.05. The van der Waals surface area contributed by atoms with Gasteiger partial charge in [0, 0.05) is 18.9 Å². The van der Waals surface area contributed by atoms with Crippen molar-refractivity contribution < 1.29 is 0 Å². The molecule has 0 saturated heterocycles. The van der Waals surface area contributed by atoms with E-state index in [1.54, 1.807) is 6.20 Å². The fourth-order valence-electron chi connectivity index (χ4n) is 1.51. The smallest absolute Gasteiger partial charge is 0.110 e. The minimum absolute atomic E-state index is 0.503. The number of rotatable bonds is 2. The molecule has 0 aliphatic carbocycles. The first-order chi connectivity index (χ1) is 7.22. The van der Waals surface area contributed by atoms with Gasteiger partial charge >= 0.3 is 0 Å². The first kappa shape index (κ1) is 10.2. The molecule has 1 heterocycles. The largest absolute Gasteiger partial charge is 0.326 e. The standard InChI is InChI=1S/C11H12ClN3/c1-8-14-4-5-15(8)11-3-2-9(7-13)6-10(11)12/h2-6H,7,13H2,1H3. The average molecular weight is 222 g/mol. The zero-order chi connectivity index (χ0) is 10.8. The van der Waals surface area contributed by atoms with Crippen LogP contribution in [0.4, 0.5) is 0 Å². The van der Waals surface area contributed by atoms with Gasteiger partial charge in [0.05, 0.1) is 10.7 Å². The summed E-state index contributed by atoms with van der Waals surface area (Å²) in [6.07, 6.45) is 3.64. The van der Waals surface area contributed by atoms with Crippen molar-refractivity contribution >= 4 is 11.6 Å². The Hall–Kier alpha value is -1.32. The first-order valence-electron chi connectivity index (χ1n) is 4.71. The number of aromatic nitrogens is 2. The number of nitrogens with two attached hydrogens (primary N) is 1. The Morgan fingerprint density at radius 2 is 2.27 bits per heavy atom. The van der Waals surface area contributed by atoms with Gasteiger partial charge in [-0.1, -0.05) is 17.7 Å². The quantitative estimate of drug-likeness (QED) is 0.846. The van der Waals surface area contributed by atoms with Crippen molar-refractivity contribution in [1.29, 1.82) is 0 Å². The molecule has 3 nitrogen and oxygen atoms in total. The molecule has 0 aliphatic rings. The van der Waals surface area contributed by atoms with Crippen LogP contribution >= 0.6 is 11.6 Å². The van der Waals surface area contributed by atoms with Crippen LogP contribution in [0.2, 0.25) is 5.02 Å². The molecule has 0 spiro atoms. The van der Waals surface area contributed by atoms with E-state index in [9.17, 15) is 0 Å². The minimum atomic E-state index is 0.503. The topological polar surface area (TPSA) is 43.8 Å². The molecule has 0 atom stereocenters. The van der Waals surface area contributed by atoms with E-state index < -0.39 is 0 Å². The molecule has 0 saturated carbocycles. The van der Waals surface area contributed by atoms with Crippen molar-refractivity contribution in [3.63, 3.8) is 0 Å². The Morgan fingerprint density at radius 3 is 2.80 bits per heavy atom. The van der Waals surface area contributed by atoms with Crippen LogP contribution in [-0.4, -0.2) is 9.55 Å². The van der Waals surface area contributed by atoms with Gasteiger partial charge < -0.3 is 10.3 Å². The number of hydrogen-bond donors (Lipinski definition) is 1. The fraction of sp³-hybridized carbons (Fsp3) is 0.182. The lowest BCUT2D eigenvalue weighted by Crippen LogP contribution is -2.00. The Kier molecular flexibility index (Phi) is 2.75. The van der Waals surface area contributed by atoms with Gasteiger partial charge in [-0.3, -0.25) is 0 Å². The normalized spacial score (nSPS) is 10.6. The van der Waals surface area contributed by atoms with E-state index >= 15 is 0 Å². The zero-order valence-electron chi connectivity index (χ0n) is 8.44. The first-order valence-corrected chi connectivity index (χ1v) is 5.09. The number of benzene rings is 1. The summed E-state index contributed by atoms with van der Waals surface area (Å²) in [6, 6.07) is 5.82. The third-order valence-corrected chi connectivity index (χ3v) is 2.64. The molecule has 1 aromatic heterocycles. The summed E-state index contributed by atoms with van der Waals surface area (Å²) in [5.41, 5.74) is 7.50. The molecule has 0 bridgehead atoms. The molecule has 78 valence electrons. The predicted octanol–water partition coefficient (Wildman–Crippen LogP) is 2.29. The van der Waals surface area contributed by atoms with Gasteiger partial charge in [-0.05, 0) is 24.6 Å². The van der Waals surface area contributed by atoms with Crippen LogP contribution in [0.1, 0.15) is 11.4 Å². The maximum Gasteiger partial charge on any atom is 0.110 e. The molecule has 0 unspecified atom stereocenters. The highest BCUT2D eigenvalue weighted by molar-refractivity contribution is 6.32. The van der Waals surface area contributed by atoms with Crippen molar-refractivity contribution in [1.82, 2.24) is 9.55 Å². The van der Waals surface area contributed by atoms with E-state index in [1.165, 1.54) is 0 Å². The number of imidazole rings is 1. The predicted molar refractivity (Wildman–Crippen MR) is 61.2 cm³/mol. The number of halogens is 1. The van der Waals surface area contributed by atoms with Crippen molar-refractivity contribution in [3.8, 4) is 5.69 Å². The van der Waals surface area contributed by atoms with Gasteiger partial charge in [0.25, 0.3) is 0 Å². The van der Waals surface area contributed by atoms with Crippen molar-refractivity contribution in [2.75, 3.05) is 0 Å². The number of nitrogens with zero attached hydrogens (tertiary/aromatic N) is 2. The monoisotopic (exact) mass is 221 g/mol. The van der Waals surface area contributed by atoms with Gasteiger partial charge in [-0.25, -0.2) is 4.98 Å². The molecular formula is C11H12ClN3. The molecule has 2 aromatic rings. The lowest BCUT2D eigenvalue weighted by molar-refractivity contribution is 0.970. The third-order valence-electron chi connectivity index (χ3n) is 2.33. The van der Waals surface area contributed by atoms with E-state index in [2.05, 4.69) is 4.98 Å². The number of aryl methyl sites for hydroxylation is 1.